The second-order valence-corrected chi connectivity index (χ2v) is 6.49. The fraction of sp³-hybridized carbons (Fsp3) is 0.130. The minimum absolute atomic E-state index is 0.240. The first-order chi connectivity index (χ1) is 13.5. The van der Waals surface area contributed by atoms with Crippen LogP contribution in [0.4, 0.5) is 10.1 Å². The van der Waals surface area contributed by atoms with Crippen molar-refractivity contribution in [2.45, 2.75) is 13.3 Å². The van der Waals surface area contributed by atoms with Crippen molar-refractivity contribution in [3.8, 4) is 0 Å². The van der Waals surface area contributed by atoms with Crippen LogP contribution in [-0.2, 0) is 6.42 Å². The average molecular weight is 376 g/mol. The number of carbonyl (C=O) groups excluding carboxylic acids is 2. The fourth-order valence-electron chi connectivity index (χ4n) is 2.73. The molecule has 0 atom stereocenters. The van der Waals surface area contributed by atoms with Crippen LogP contribution < -0.4 is 10.6 Å². The zero-order chi connectivity index (χ0) is 19.9. The highest BCUT2D eigenvalue weighted by molar-refractivity contribution is 6.05. The van der Waals surface area contributed by atoms with E-state index in [-0.39, 0.29) is 17.6 Å². The smallest absolute Gasteiger partial charge is 0.255 e. The van der Waals surface area contributed by atoms with Crippen LogP contribution in [0, 0.1) is 12.7 Å². The predicted molar refractivity (Wildman–Crippen MR) is 108 cm³/mol. The Bertz CT molecular complexity index is 967. The van der Waals surface area contributed by atoms with Crippen molar-refractivity contribution in [1.29, 1.82) is 0 Å². The number of rotatable bonds is 6. The van der Waals surface area contributed by atoms with Gasteiger partial charge in [0.15, 0.2) is 0 Å². The SMILES string of the molecule is Cc1ccc(NC(=O)c2ccc(C(=O)NCCc3ccccc3F)cc2)cc1. The third kappa shape index (κ3) is 5.04. The lowest BCUT2D eigenvalue weighted by molar-refractivity contribution is 0.0952. The number of halogens is 1. The summed E-state index contributed by atoms with van der Waals surface area (Å²) in [5.74, 6) is -0.780. The number of amides is 2. The molecule has 3 rings (SSSR count). The van der Waals surface area contributed by atoms with Crippen molar-refractivity contribution < 1.29 is 14.0 Å². The van der Waals surface area contributed by atoms with E-state index in [4.69, 9.17) is 0 Å². The maximum Gasteiger partial charge on any atom is 0.255 e. The summed E-state index contributed by atoms with van der Waals surface area (Å²) < 4.78 is 13.6. The molecule has 142 valence electrons. The summed E-state index contributed by atoms with van der Waals surface area (Å²) in [7, 11) is 0. The molecule has 0 fully saturated rings. The fourth-order valence-corrected chi connectivity index (χ4v) is 2.73. The van der Waals surface area contributed by atoms with Gasteiger partial charge in [0.25, 0.3) is 11.8 Å². The molecule has 0 aliphatic rings. The first kappa shape index (κ1) is 19.3. The molecule has 0 bridgehead atoms. The lowest BCUT2D eigenvalue weighted by Gasteiger charge is -2.08. The lowest BCUT2D eigenvalue weighted by Crippen LogP contribution is -2.26. The topological polar surface area (TPSA) is 58.2 Å². The zero-order valence-corrected chi connectivity index (χ0v) is 15.5. The normalized spacial score (nSPS) is 10.4. The molecule has 0 aromatic heterocycles. The van der Waals surface area contributed by atoms with Crippen LogP contribution in [-0.4, -0.2) is 18.4 Å². The summed E-state index contributed by atoms with van der Waals surface area (Å²) in [6, 6.07) is 20.4. The molecule has 0 saturated carbocycles. The Morgan fingerprint density at radius 2 is 1.43 bits per heavy atom. The summed E-state index contributed by atoms with van der Waals surface area (Å²) in [5.41, 5.74) is 3.30. The van der Waals surface area contributed by atoms with Crippen LogP contribution >= 0.6 is 0 Å². The molecular formula is C23H21FN2O2. The number of benzene rings is 3. The third-order valence-corrected chi connectivity index (χ3v) is 4.36. The van der Waals surface area contributed by atoms with Crippen molar-refractivity contribution in [2.24, 2.45) is 0 Å². The van der Waals surface area contributed by atoms with Gasteiger partial charge in [-0.1, -0.05) is 35.9 Å². The number of aryl methyl sites for hydroxylation is 1. The Morgan fingerprint density at radius 1 is 0.821 bits per heavy atom. The third-order valence-electron chi connectivity index (χ3n) is 4.36. The molecule has 0 radical (unpaired) electrons. The molecule has 0 aliphatic heterocycles. The van der Waals surface area contributed by atoms with Gasteiger partial charge in [0, 0.05) is 23.4 Å². The Hall–Kier alpha value is -3.47. The van der Waals surface area contributed by atoms with Crippen molar-refractivity contribution in [3.63, 3.8) is 0 Å². The molecular weight excluding hydrogens is 355 g/mol. The minimum Gasteiger partial charge on any atom is -0.352 e. The second-order valence-electron chi connectivity index (χ2n) is 6.49. The number of carbonyl (C=O) groups is 2. The van der Waals surface area contributed by atoms with E-state index in [1.165, 1.54) is 6.07 Å². The van der Waals surface area contributed by atoms with E-state index in [0.717, 1.165) is 5.56 Å². The van der Waals surface area contributed by atoms with Crippen LogP contribution in [0.1, 0.15) is 31.8 Å². The maximum atomic E-state index is 13.6. The van der Waals surface area contributed by atoms with Crippen LogP contribution in [0.15, 0.2) is 72.8 Å². The zero-order valence-electron chi connectivity index (χ0n) is 15.5. The number of anilines is 1. The van der Waals surface area contributed by atoms with Crippen LogP contribution in [0.2, 0.25) is 0 Å². The first-order valence-corrected chi connectivity index (χ1v) is 9.02. The molecule has 3 aromatic rings. The van der Waals surface area contributed by atoms with E-state index >= 15 is 0 Å². The van der Waals surface area contributed by atoms with Crippen molar-refractivity contribution in [1.82, 2.24) is 5.32 Å². The van der Waals surface area contributed by atoms with Gasteiger partial charge in [-0.3, -0.25) is 9.59 Å². The monoisotopic (exact) mass is 376 g/mol. The Labute approximate surface area is 163 Å². The van der Waals surface area contributed by atoms with Crippen LogP contribution in [0.5, 0.6) is 0 Å². The highest BCUT2D eigenvalue weighted by atomic mass is 19.1. The molecule has 0 saturated heterocycles. The molecule has 28 heavy (non-hydrogen) atoms. The predicted octanol–water partition coefficient (Wildman–Crippen LogP) is 4.36. The molecule has 2 amide bonds. The van der Waals surface area contributed by atoms with E-state index in [2.05, 4.69) is 10.6 Å². The average Bonchev–Trinajstić information content (AvgIpc) is 2.71. The Kier molecular flexibility index (Phi) is 6.17. The molecule has 5 heteroatoms. The highest BCUT2D eigenvalue weighted by Gasteiger charge is 2.09. The van der Waals surface area contributed by atoms with Crippen molar-refractivity contribution in [3.05, 3.63) is 101 Å². The number of nitrogens with one attached hydrogen (secondary N) is 2. The summed E-state index contributed by atoms with van der Waals surface area (Å²) in [6.45, 7) is 2.31. The minimum atomic E-state index is -0.277. The molecule has 2 N–H and O–H groups in total. The highest BCUT2D eigenvalue weighted by Crippen LogP contribution is 2.12. The Morgan fingerprint density at radius 3 is 2.07 bits per heavy atom. The summed E-state index contributed by atoms with van der Waals surface area (Å²) >= 11 is 0. The van der Waals surface area contributed by atoms with Gasteiger partial charge in [-0.25, -0.2) is 4.39 Å². The van der Waals surface area contributed by atoms with Gasteiger partial charge in [0.2, 0.25) is 0 Å². The number of hydrogen-bond acceptors (Lipinski definition) is 2. The molecule has 0 spiro atoms. The Balaban J connectivity index is 1.54. The first-order valence-electron chi connectivity index (χ1n) is 9.02. The lowest BCUT2D eigenvalue weighted by atomic mass is 10.1. The van der Waals surface area contributed by atoms with Gasteiger partial charge in [-0.2, -0.15) is 0 Å². The van der Waals surface area contributed by atoms with E-state index in [1.807, 2.05) is 31.2 Å². The van der Waals surface area contributed by atoms with Gasteiger partial charge in [-0.05, 0) is 61.4 Å². The summed E-state index contributed by atoms with van der Waals surface area (Å²) in [6.07, 6.45) is 0.412. The molecule has 3 aromatic carbocycles. The summed E-state index contributed by atoms with van der Waals surface area (Å²) in [5, 5.41) is 5.58. The van der Waals surface area contributed by atoms with Gasteiger partial charge in [0.05, 0.1) is 0 Å². The largest absolute Gasteiger partial charge is 0.352 e. The van der Waals surface area contributed by atoms with Gasteiger partial charge in [0.1, 0.15) is 5.82 Å². The van der Waals surface area contributed by atoms with Crippen LogP contribution in [0.25, 0.3) is 0 Å². The summed E-state index contributed by atoms with van der Waals surface area (Å²) in [4.78, 5) is 24.5. The molecule has 4 nitrogen and oxygen atoms in total. The van der Waals surface area contributed by atoms with E-state index in [1.54, 1.807) is 42.5 Å². The van der Waals surface area contributed by atoms with Crippen molar-refractivity contribution >= 4 is 17.5 Å². The molecule has 0 aliphatic carbocycles. The van der Waals surface area contributed by atoms with E-state index in [0.29, 0.717) is 35.3 Å². The second kappa shape index (κ2) is 8.95. The standard InChI is InChI=1S/C23H21FN2O2/c1-16-6-12-20(13-7-16)26-23(28)19-10-8-18(9-11-19)22(27)25-15-14-17-4-2-3-5-21(17)24/h2-13H,14-15H2,1H3,(H,25,27)(H,26,28). The molecule has 0 heterocycles. The number of hydrogen-bond donors (Lipinski definition) is 2. The van der Waals surface area contributed by atoms with Crippen molar-refractivity contribution in [2.75, 3.05) is 11.9 Å². The van der Waals surface area contributed by atoms with E-state index < -0.39 is 0 Å². The van der Waals surface area contributed by atoms with E-state index in [9.17, 15) is 14.0 Å². The van der Waals surface area contributed by atoms with Crippen LogP contribution in [0.3, 0.4) is 0 Å². The maximum absolute atomic E-state index is 13.6. The van der Waals surface area contributed by atoms with Gasteiger partial charge in [-0.15, -0.1) is 0 Å². The van der Waals surface area contributed by atoms with Gasteiger partial charge < -0.3 is 10.6 Å². The van der Waals surface area contributed by atoms with Gasteiger partial charge >= 0.3 is 0 Å². The molecule has 0 unspecified atom stereocenters. The quantitative estimate of drug-likeness (QED) is 0.672.